The second kappa shape index (κ2) is 5.78. The van der Waals surface area contributed by atoms with E-state index in [-0.39, 0.29) is 5.54 Å². The number of hydrogen-bond donors (Lipinski definition) is 1. The second-order valence-electron chi connectivity index (χ2n) is 5.23. The first kappa shape index (κ1) is 13.5. The Labute approximate surface area is 109 Å². The maximum Gasteiger partial charge on any atom is 0.0661 e. The number of rotatable bonds is 7. The first-order chi connectivity index (χ1) is 8.73. The fourth-order valence-electron chi connectivity index (χ4n) is 2.71. The minimum atomic E-state index is -0.0159. The van der Waals surface area contributed by atoms with E-state index in [1.165, 1.54) is 18.4 Å². The molecular weight excluding hydrogens is 226 g/mol. The van der Waals surface area contributed by atoms with Gasteiger partial charge in [0.05, 0.1) is 12.1 Å². The molecule has 0 bridgehead atoms. The maximum absolute atomic E-state index is 6.06. The lowest BCUT2D eigenvalue weighted by atomic mass is 9.91. The zero-order valence-corrected chi connectivity index (χ0v) is 11.3. The van der Waals surface area contributed by atoms with E-state index in [1.54, 1.807) is 7.11 Å². The largest absolute Gasteiger partial charge is 0.383 e. The molecule has 0 saturated heterocycles. The quantitative estimate of drug-likeness (QED) is 0.790. The predicted molar refractivity (Wildman–Crippen MR) is 72.1 cm³/mol. The Morgan fingerprint density at radius 2 is 2.11 bits per heavy atom. The zero-order valence-electron chi connectivity index (χ0n) is 11.3. The molecule has 0 radical (unpaired) electrons. The van der Waals surface area contributed by atoms with Crippen LogP contribution < -0.4 is 5.73 Å². The Morgan fingerprint density at radius 3 is 2.61 bits per heavy atom. The summed E-state index contributed by atoms with van der Waals surface area (Å²) < 4.78 is 5.42. The van der Waals surface area contributed by atoms with Crippen LogP contribution >= 0.6 is 0 Å². The van der Waals surface area contributed by atoms with Gasteiger partial charge >= 0.3 is 0 Å². The van der Waals surface area contributed by atoms with Crippen LogP contribution in [-0.4, -0.2) is 42.7 Å². The van der Waals surface area contributed by atoms with Crippen molar-refractivity contribution in [1.82, 2.24) is 9.88 Å². The lowest BCUT2D eigenvalue weighted by Crippen LogP contribution is -2.56. The number of nitrogens with two attached hydrogens (primary N) is 1. The van der Waals surface area contributed by atoms with Gasteiger partial charge in [0.15, 0.2) is 0 Å². The van der Waals surface area contributed by atoms with Gasteiger partial charge < -0.3 is 10.5 Å². The molecule has 1 aromatic rings. The van der Waals surface area contributed by atoms with Crippen molar-refractivity contribution in [3.63, 3.8) is 0 Å². The van der Waals surface area contributed by atoms with Gasteiger partial charge in [-0.1, -0.05) is 0 Å². The average molecular weight is 249 g/mol. The second-order valence-corrected chi connectivity index (χ2v) is 5.23. The van der Waals surface area contributed by atoms with Crippen molar-refractivity contribution in [2.75, 3.05) is 27.3 Å². The smallest absolute Gasteiger partial charge is 0.0661 e. The third-order valence-electron chi connectivity index (χ3n) is 4.01. The van der Waals surface area contributed by atoms with Crippen LogP contribution in [0.25, 0.3) is 0 Å². The summed E-state index contributed by atoms with van der Waals surface area (Å²) in [5.41, 5.74) is 7.31. The highest BCUT2D eigenvalue weighted by atomic mass is 16.5. The third-order valence-corrected chi connectivity index (χ3v) is 4.01. The molecule has 0 spiro atoms. The highest BCUT2D eigenvalue weighted by Crippen LogP contribution is 2.42. The first-order valence-corrected chi connectivity index (χ1v) is 6.52. The molecule has 4 heteroatoms. The van der Waals surface area contributed by atoms with Crippen molar-refractivity contribution in [2.24, 2.45) is 11.7 Å². The Morgan fingerprint density at radius 1 is 1.44 bits per heavy atom. The van der Waals surface area contributed by atoms with E-state index >= 15 is 0 Å². The Balaban J connectivity index is 2.10. The molecule has 1 atom stereocenters. The summed E-state index contributed by atoms with van der Waals surface area (Å²) in [6, 6.07) is 4.11. The molecule has 1 saturated carbocycles. The van der Waals surface area contributed by atoms with E-state index in [2.05, 4.69) is 29.1 Å². The monoisotopic (exact) mass is 249 g/mol. The first-order valence-electron chi connectivity index (χ1n) is 6.52. The van der Waals surface area contributed by atoms with Crippen molar-refractivity contribution in [1.29, 1.82) is 0 Å². The van der Waals surface area contributed by atoms with Gasteiger partial charge in [-0.15, -0.1) is 0 Å². The van der Waals surface area contributed by atoms with E-state index < -0.39 is 0 Å². The number of nitrogens with zero attached hydrogens (tertiary/aromatic N) is 2. The van der Waals surface area contributed by atoms with E-state index in [0.717, 1.165) is 6.54 Å². The Kier molecular flexibility index (Phi) is 4.32. The zero-order chi connectivity index (χ0) is 13.0. The van der Waals surface area contributed by atoms with Crippen molar-refractivity contribution < 1.29 is 4.74 Å². The molecule has 4 nitrogen and oxygen atoms in total. The van der Waals surface area contributed by atoms with Crippen molar-refractivity contribution in [3.8, 4) is 0 Å². The Hall–Kier alpha value is -0.970. The van der Waals surface area contributed by atoms with E-state index in [0.29, 0.717) is 19.1 Å². The topological polar surface area (TPSA) is 51.4 Å². The summed E-state index contributed by atoms with van der Waals surface area (Å²) in [5, 5.41) is 0. The van der Waals surface area contributed by atoms with Crippen molar-refractivity contribution >= 4 is 0 Å². The summed E-state index contributed by atoms with van der Waals surface area (Å²) >= 11 is 0. The highest BCUT2D eigenvalue weighted by Gasteiger charge is 2.47. The van der Waals surface area contributed by atoms with Crippen LogP contribution in [0.4, 0.5) is 0 Å². The normalized spacial score (nSPS) is 18.9. The SMILES string of the molecule is COCC(CN)(C1CC1)N(C)Cc1ccncc1. The molecule has 0 aromatic carbocycles. The van der Waals surface area contributed by atoms with Crippen LogP contribution in [0, 0.1) is 5.92 Å². The van der Waals surface area contributed by atoms with Crippen LogP contribution in [0.2, 0.25) is 0 Å². The third kappa shape index (κ3) is 2.71. The lowest BCUT2D eigenvalue weighted by molar-refractivity contribution is 0.0104. The number of aromatic nitrogens is 1. The van der Waals surface area contributed by atoms with Gasteiger partial charge in [-0.05, 0) is 43.5 Å². The van der Waals surface area contributed by atoms with Gasteiger partial charge in [0.25, 0.3) is 0 Å². The number of methoxy groups -OCH3 is 1. The molecule has 1 aromatic heterocycles. The lowest BCUT2D eigenvalue weighted by Gasteiger charge is -2.41. The molecule has 1 aliphatic carbocycles. The Bertz CT molecular complexity index is 367. The fraction of sp³-hybridized carbons (Fsp3) is 0.643. The van der Waals surface area contributed by atoms with Gasteiger partial charge in [0, 0.05) is 32.6 Å². The minimum Gasteiger partial charge on any atom is -0.383 e. The van der Waals surface area contributed by atoms with Crippen LogP contribution in [-0.2, 0) is 11.3 Å². The molecular formula is C14H23N3O. The summed E-state index contributed by atoms with van der Waals surface area (Å²) in [4.78, 5) is 6.40. The van der Waals surface area contributed by atoms with Gasteiger partial charge in [-0.2, -0.15) is 0 Å². The standard InChI is InChI=1S/C14H23N3O/c1-17(9-12-5-7-16-8-6-12)14(10-15,11-18-2)13-3-4-13/h5-8,13H,3-4,9-11,15H2,1-2H3. The number of pyridine rings is 1. The maximum atomic E-state index is 6.06. The van der Waals surface area contributed by atoms with Crippen LogP contribution in [0.15, 0.2) is 24.5 Å². The number of likely N-dealkylation sites (N-methyl/N-ethyl adjacent to an activating group) is 1. The predicted octanol–water partition coefficient (Wildman–Crippen LogP) is 1.27. The van der Waals surface area contributed by atoms with Gasteiger partial charge in [0.1, 0.15) is 0 Å². The van der Waals surface area contributed by atoms with Gasteiger partial charge in [0.2, 0.25) is 0 Å². The molecule has 1 heterocycles. The molecule has 2 N–H and O–H groups in total. The van der Waals surface area contributed by atoms with Gasteiger partial charge in [-0.25, -0.2) is 0 Å². The molecule has 2 rings (SSSR count). The summed E-state index contributed by atoms with van der Waals surface area (Å²) in [7, 11) is 3.90. The number of hydrogen-bond acceptors (Lipinski definition) is 4. The molecule has 1 aliphatic rings. The summed E-state index contributed by atoms with van der Waals surface area (Å²) in [6.45, 7) is 2.24. The van der Waals surface area contributed by atoms with Crippen LogP contribution in [0.3, 0.4) is 0 Å². The molecule has 1 fully saturated rings. The van der Waals surface area contributed by atoms with Crippen LogP contribution in [0.5, 0.6) is 0 Å². The van der Waals surface area contributed by atoms with E-state index in [4.69, 9.17) is 10.5 Å². The van der Waals surface area contributed by atoms with E-state index in [1.807, 2.05) is 12.4 Å². The average Bonchev–Trinajstić information content (AvgIpc) is 3.21. The number of ether oxygens (including phenoxy) is 1. The highest BCUT2D eigenvalue weighted by molar-refractivity contribution is 5.12. The molecule has 1 unspecified atom stereocenters. The molecule has 0 amide bonds. The van der Waals surface area contributed by atoms with Crippen molar-refractivity contribution in [3.05, 3.63) is 30.1 Å². The fourth-order valence-corrected chi connectivity index (χ4v) is 2.71. The van der Waals surface area contributed by atoms with E-state index in [9.17, 15) is 0 Å². The van der Waals surface area contributed by atoms with Crippen LogP contribution in [0.1, 0.15) is 18.4 Å². The van der Waals surface area contributed by atoms with Gasteiger partial charge in [-0.3, -0.25) is 9.88 Å². The minimum absolute atomic E-state index is 0.0159. The van der Waals surface area contributed by atoms with Crippen molar-refractivity contribution in [2.45, 2.75) is 24.9 Å². The summed E-state index contributed by atoms with van der Waals surface area (Å²) in [6.07, 6.45) is 6.20. The molecule has 18 heavy (non-hydrogen) atoms. The summed E-state index contributed by atoms with van der Waals surface area (Å²) in [5.74, 6) is 0.675. The molecule has 100 valence electrons. The molecule has 0 aliphatic heterocycles.